The Bertz CT molecular complexity index is 1180. The molecule has 1 fully saturated rings. The number of aliphatic carboxylic acids is 1. The number of alkyl halides is 1. The van der Waals surface area contributed by atoms with Crippen molar-refractivity contribution < 1.29 is 19.0 Å². The van der Waals surface area contributed by atoms with Crippen LogP contribution >= 0.6 is 0 Å². The maximum Gasteiger partial charge on any atom is 0.303 e. The summed E-state index contributed by atoms with van der Waals surface area (Å²) in [7, 11) is 1.60. The molecule has 0 amide bonds. The Kier molecular flexibility index (Phi) is 9.51. The lowest BCUT2D eigenvalue weighted by molar-refractivity contribution is -0.139. The Morgan fingerprint density at radius 2 is 2.03 bits per heavy atom. The van der Waals surface area contributed by atoms with Crippen molar-refractivity contribution in [3.05, 3.63) is 71.4 Å². The third-order valence-electron chi connectivity index (χ3n) is 7.95. The zero-order chi connectivity index (χ0) is 26.2. The van der Waals surface area contributed by atoms with Crippen molar-refractivity contribution in [1.29, 1.82) is 0 Å². The second-order valence-electron chi connectivity index (χ2n) is 10.4. The summed E-state index contributed by atoms with van der Waals surface area (Å²) in [5, 5.41) is 10.3. The van der Waals surface area contributed by atoms with E-state index >= 15 is 4.39 Å². The highest BCUT2D eigenvalue weighted by molar-refractivity contribution is 5.83. The molecule has 1 aliphatic heterocycles. The van der Waals surface area contributed by atoms with Gasteiger partial charge in [-0.1, -0.05) is 24.3 Å². The fourth-order valence-electron chi connectivity index (χ4n) is 5.80. The van der Waals surface area contributed by atoms with Crippen molar-refractivity contribution in [3.63, 3.8) is 0 Å². The van der Waals surface area contributed by atoms with Gasteiger partial charge in [0.25, 0.3) is 0 Å². The molecule has 1 saturated heterocycles. The van der Waals surface area contributed by atoms with E-state index in [-0.39, 0.29) is 18.3 Å². The number of carboxylic acids is 1. The van der Waals surface area contributed by atoms with E-state index < -0.39 is 12.1 Å². The Balaban J connectivity index is 1.31. The fourth-order valence-corrected chi connectivity index (χ4v) is 5.80. The number of carboxylic acid groups (broad SMARTS) is 1. The van der Waals surface area contributed by atoms with Crippen LogP contribution < -0.4 is 4.74 Å². The van der Waals surface area contributed by atoms with Gasteiger partial charge in [-0.15, -0.1) is 0 Å². The van der Waals surface area contributed by atoms with Gasteiger partial charge in [-0.3, -0.25) is 9.78 Å². The van der Waals surface area contributed by atoms with Gasteiger partial charge in [0.15, 0.2) is 0 Å². The highest BCUT2D eigenvalue weighted by Crippen LogP contribution is 2.36. The topological polar surface area (TPSA) is 62.7 Å². The summed E-state index contributed by atoms with van der Waals surface area (Å²) in [6, 6.07) is 15.8. The third-order valence-corrected chi connectivity index (χ3v) is 7.95. The van der Waals surface area contributed by atoms with Crippen LogP contribution in [0, 0.1) is 18.8 Å². The Morgan fingerprint density at radius 3 is 2.81 bits per heavy atom. The number of halogens is 1. The molecule has 198 valence electrons. The molecule has 6 heteroatoms. The summed E-state index contributed by atoms with van der Waals surface area (Å²) in [6.45, 7) is 4.89. The van der Waals surface area contributed by atoms with E-state index in [4.69, 9.17) is 4.74 Å². The van der Waals surface area contributed by atoms with E-state index in [0.717, 1.165) is 56.2 Å². The number of aryl methyl sites for hydroxylation is 2. The number of piperidine rings is 1. The lowest BCUT2D eigenvalue weighted by atomic mass is 9.79. The van der Waals surface area contributed by atoms with Crippen LogP contribution in [-0.4, -0.2) is 47.7 Å². The Labute approximate surface area is 219 Å². The van der Waals surface area contributed by atoms with Crippen LogP contribution in [0.1, 0.15) is 61.4 Å². The maximum absolute atomic E-state index is 15.5. The van der Waals surface area contributed by atoms with Gasteiger partial charge in [-0.25, -0.2) is 4.39 Å². The van der Waals surface area contributed by atoms with Crippen LogP contribution in [0.5, 0.6) is 5.75 Å². The number of carbonyl (C=O) groups is 1. The van der Waals surface area contributed by atoms with Crippen molar-refractivity contribution >= 4 is 16.9 Å². The predicted molar refractivity (Wildman–Crippen MR) is 146 cm³/mol. The summed E-state index contributed by atoms with van der Waals surface area (Å²) >= 11 is 0. The number of aromatic nitrogens is 1. The SMILES string of the molecule is COc1ccc2nccc([C@H](F)CC[C@@H]3CCN(CCCCc4ccccc4C)C[C@@H]3CC(=O)O)c2c1. The van der Waals surface area contributed by atoms with Crippen LogP contribution in [0.2, 0.25) is 0 Å². The van der Waals surface area contributed by atoms with Gasteiger partial charge in [0.2, 0.25) is 0 Å². The lowest BCUT2D eigenvalue weighted by Crippen LogP contribution is -2.41. The quantitative estimate of drug-likeness (QED) is 0.274. The molecule has 0 aliphatic carbocycles. The fraction of sp³-hybridized carbons (Fsp3) is 0.484. The van der Waals surface area contributed by atoms with Crippen LogP contribution in [0.3, 0.4) is 0 Å². The normalized spacial score (nSPS) is 19.1. The molecule has 0 spiro atoms. The van der Waals surface area contributed by atoms with E-state index in [1.54, 1.807) is 19.4 Å². The number of benzene rings is 2. The molecule has 0 bridgehead atoms. The van der Waals surface area contributed by atoms with Crippen molar-refractivity contribution in [2.75, 3.05) is 26.7 Å². The molecule has 1 aliphatic rings. The smallest absolute Gasteiger partial charge is 0.303 e. The van der Waals surface area contributed by atoms with Crippen LogP contribution in [-0.2, 0) is 11.2 Å². The van der Waals surface area contributed by atoms with Crippen molar-refractivity contribution in [1.82, 2.24) is 9.88 Å². The molecular weight excluding hydrogens is 467 g/mol. The van der Waals surface area contributed by atoms with Gasteiger partial charge in [-0.05, 0) is 111 Å². The average molecular weight is 507 g/mol. The van der Waals surface area contributed by atoms with Gasteiger partial charge in [-0.2, -0.15) is 0 Å². The standard InChI is InChI=1S/C31H39FN2O3/c1-22-7-3-4-8-23(22)9-5-6-17-34-18-15-24(25(21-34)19-31(35)36)10-12-29(32)27-14-16-33-30-13-11-26(37-2)20-28(27)30/h3-4,7-8,11,13-14,16,20,24-25,29H,5-6,9-10,12,15,17-19,21H2,1-2H3,(H,35,36)/t24-,25+,29-/m1/s1. The first kappa shape index (κ1) is 27.1. The Morgan fingerprint density at radius 1 is 1.19 bits per heavy atom. The molecule has 2 aromatic carbocycles. The zero-order valence-corrected chi connectivity index (χ0v) is 22.0. The number of ether oxygens (including phenoxy) is 1. The van der Waals surface area contributed by atoms with Crippen LogP contribution in [0.25, 0.3) is 10.9 Å². The van der Waals surface area contributed by atoms with Gasteiger partial charge >= 0.3 is 5.97 Å². The highest BCUT2D eigenvalue weighted by Gasteiger charge is 2.31. The molecule has 0 radical (unpaired) electrons. The molecule has 1 aromatic heterocycles. The first-order chi connectivity index (χ1) is 17.9. The van der Waals surface area contributed by atoms with E-state index in [1.165, 1.54) is 11.1 Å². The largest absolute Gasteiger partial charge is 0.497 e. The molecule has 1 N–H and O–H groups in total. The van der Waals surface area contributed by atoms with Gasteiger partial charge in [0.05, 0.1) is 12.6 Å². The van der Waals surface area contributed by atoms with Gasteiger partial charge < -0.3 is 14.7 Å². The minimum absolute atomic E-state index is 0.0593. The number of hydrogen-bond acceptors (Lipinski definition) is 4. The van der Waals surface area contributed by atoms with Crippen molar-refractivity contribution in [3.8, 4) is 5.75 Å². The summed E-state index contributed by atoms with van der Waals surface area (Å²) < 4.78 is 20.8. The number of fused-ring (bicyclic) bond motifs is 1. The molecule has 2 heterocycles. The minimum atomic E-state index is -1.12. The predicted octanol–water partition coefficient (Wildman–Crippen LogP) is 6.78. The van der Waals surface area contributed by atoms with E-state index in [9.17, 15) is 9.90 Å². The first-order valence-electron chi connectivity index (χ1n) is 13.5. The second-order valence-corrected chi connectivity index (χ2v) is 10.4. The zero-order valence-electron chi connectivity index (χ0n) is 22.0. The molecule has 5 nitrogen and oxygen atoms in total. The first-order valence-corrected chi connectivity index (χ1v) is 13.5. The lowest BCUT2D eigenvalue weighted by Gasteiger charge is -2.38. The van der Waals surface area contributed by atoms with Crippen LogP contribution in [0.4, 0.5) is 4.39 Å². The second kappa shape index (κ2) is 13.0. The molecule has 3 aromatic rings. The molecule has 37 heavy (non-hydrogen) atoms. The summed E-state index contributed by atoms with van der Waals surface area (Å²) in [4.78, 5) is 18.4. The number of hydrogen-bond donors (Lipinski definition) is 1. The minimum Gasteiger partial charge on any atom is -0.497 e. The van der Waals surface area contributed by atoms with Gasteiger partial charge in [0, 0.05) is 24.5 Å². The van der Waals surface area contributed by atoms with Crippen LogP contribution in [0.15, 0.2) is 54.7 Å². The van der Waals surface area contributed by atoms with Crippen molar-refractivity contribution in [2.45, 2.75) is 58.0 Å². The molecule has 0 unspecified atom stereocenters. The molecule has 0 saturated carbocycles. The van der Waals surface area contributed by atoms with E-state index in [1.807, 2.05) is 18.2 Å². The monoisotopic (exact) mass is 506 g/mol. The summed E-state index contributed by atoms with van der Waals surface area (Å²) in [5.41, 5.74) is 4.13. The van der Waals surface area contributed by atoms with Gasteiger partial charge in [0.1, 0.15) is 11.9 Å². The number of pyridine rings is 1. The van der Waals surface area contributed by atoms with E-state index in [0.29, 0.717) is 24.2 Å². The number of rotatable bonds is 12. The number of unbranched alkanes of at least 4 members (excludes halogenated alkanes) is 1. The maximum atomic E-state index is 15.5. The number of likely N-dealkylation sites (tertiary alicyclic amines) is 1. The average Bonchev–Trinajstić information content (AvgIpc) is 2.90. The molecule has 3 atom stereocenters. The summed E-state index contributed by atoms with van der Waals surface area (Å²) in [6.07, 6.45) is 5.98. The van der Waals surface area contributed by atoms with Crippen molar-refractivity contribution in [2.24, 2.45) is 11.8 Å². The number of nitrogens with zero attached hydrogens (tertiary/aromatic N) is 2. The third kappa shape index (κ3) is 7.29. The highest BCUT2D eigenvalue weighted by atomic mass is 19.1. The Hall–Kier alpha value is -2.99. The molecular formula is C31H39FN2O3. The summed E-state index contributed by atoms with van der Waals surface area (Å²) in [5.74, 6) is 0.200. The van der Waals surface area contributed by atoms with E-state index in [2.05, 4.69) is 41.1 Å². The molecule has 4 rings (SSSR count). The number of methoxy groups -OCH3 is 1.